The highest BCUT2D eigenvalue weighted by Crippen LogP contribution is 2.46. The van der Waals surface area contributed by atoms with Crippen LogP contribution in [0.15, 0.2) is 42.6 Å². The third kappa shape index (κ3) is 4.75. The fourth-order valence-corrected chi connectivity index (χ4v) is 3.17. The second kappa shape index (κ2) is 10.3. The van der Waals surface area contributed by atoms with E-state index in [0.29, 0.717) is 11.4 Å². The molecule has 0 spiro atoms. The molecule has 12 heteroatoms. The lowest BCUT2D eigenvalue weighted by Gasteiger charge is -2.15. The predicted octanol–water partition coefficient (Wildman–Crippen LogP) is 3.24. The van der Waals surface area contributed by atoms with Gasteiger partial charge in [0.15, 0.2) is 11.4 Å². The number of esters is 1. The molecule has 0 aliphatic carbocycles. The topological polar surface area (TPSA) is 144 Å². The van der Waals surface area contributed by atoms with E-state index in [-0.39, 0.29) is 35.1 Å². The number of nitrogens with zero attached hydrogens (tertiary/aromatic N) is 3. The summed E-state index contributed by atoms with van der Waals surface area (Å²) in [7, 11) is 3.88. The lowest BCUT2D eigenvalue weighted by atomic mass is 10.1. The summed E-state index contributed by atoms with van der Waals surface area (Å²) in [5, 5.41) is 18.5. The molecule has 12 nitrogen and oxygen atoms in total. The van der Waals surface area contributed by atoms with Crippen molar-refractivity contribution in [3.8, 4) is 22.9 Å². The van der Waals surface area contributed by atoms with Gasteiger partial charge in [0.05, 0.1) is 38.5 Å². The van der Waals surface area contributed by atoms with Gasteiger partial charge in [-0.25, -0.2) is 9.48 Å². The molecule has 3 rings (SSSR count). The van der Waals surface area contributed by atoms with E-state index < -0.39 is 22.5 Å². The van der Waals surface area contributed by atoms with Crippen LogP contribution in [0.3, 0.4) is 0 Å². The molecule has 2 aromatic carbocycles. The zero-order valence-corrected chi connectivity index (χ0v) is 18.9. The number of anilines is 1. The van der Waals surface area contributed by atoms with Crippen LogP contribution >= 0.6 is 0 Å². The van der Waals surface area contributed by atoms with Crippen LogP contribution < -0.4 is 19.5 Å². The van der Waals surface area contributed by atoms with Crippen molar-refractivity contribution in [2.45, 2.75) is 6.92 Å². The molecule has 0 bridgehead atoms. The number of carbonyl (C=O) groups is 2. The number of methoxy groups -OCH3 is 3. The minimum atomic E-state index is -0.748. The Kier molecular flexibility index (Phi) is 7.31. The molecule has 0 fully saturated rings. The van der Waals surface area contributed by atoms with E-state index in [1.165, 1.54) is 38.1 Å². The van der Waals surface area contributed by atoms with E-state index in [0.717, 1.165) is 0 Å². The maximum absolute atomic E-state index is 12.9. The van der Waals surface area contributed by atoms with Crippen LogP contribution in [-0.4, -0.2) is 54.5 Å². The minimum Gasteiger partial charge on any atom is -0.493 e. The van der Waals surface area contributed by atoms with Gasteiger partial charge < -0.3 is 24.3 Å². The van der Waals surface area contributed by atoms with Gasteiger partial charge in [-0.3, -0.25) is 14.9 Å². The molecular formula is C22H22N4O8. The highest BCUT2D eigenvalue weighted by molar-refractivity contribution is 6.08. The Morgan fingerprint density at radius 2 is 1.74 bits per heavy atom. The first-order valence-electron chi connectivity index (χ1n) is 9.96. The molecule has 34 heavy (non-hydrogen) atoms. The van der Waals surface area contributed by atoms with Crippen LogP contribution in [0.4, 0.5) is 11.4 Å². The average Bonchev–Trinajstić information content (AvgIpc) is 3.33. The number of benzene rings is 2. The monoisotopic (exact) mass is 470 g/mol. The minimum absolute atomic E-state index is 0.000914. The SMILES string of the molecule is CCOC(=O)c1ccn(-c2ccc(NC(=O)c3cc(OC)c(OC)c(OC)c3[N+](=O)[O-])cc2)n1. The number of ether oxygens (including phenoxy) is 4. The number of nitro benzene ring substituents is 1. The molecule has 0 saturated carbocycles. The highest BCUT2D eigenvalue weighted by Gasteiger charge is 2.32. The highest BCUT2D eigenvalue weighted by atomic mass is 16.6. The predicted molar refractivity (Wildman–Crippen MR) is 120 cm³/mol. The van der Waals surface area contributed by atoms with Gasteiger partial charge in [0.1, 0.15) is 5.56 Å². The summed E-state index contributed by atoms with van der Waals surface area (Å²) in [6.45, 7) is 1.94. The van der Waals surface area contributed by atoms with Crippen molar-refractivity contribution in [1.29, 1.82) is 0 Å². The van der Waals surface area contributed by atoms with Crippen molar-refractivity contribution in [3.05, 3.63) is 64.0 Å². The maximum Gasteiger partial charge on any atom is 0.358 e. The van der Waals surface area contributed by atoms with Gasteiger partial charge >= 0.3 is 11.7 Å². The first-order chi connectivity index (χ1) is 16.3. The molecule has 0 radical (unpaired) electrons. The Hall–Kier alpha value is -4.61. The van der Waals surface area contributed by atoms with E-state index in [2.05, 4.69) is 10.4 Å². The van der Waals surface area contributed by atoms with Crippen molar-refractivity contribution < 1.29 is 33.5 Å². The quantitative estimate of drug-likeness (QED) is 0.283. The van der Waals surface area contributed by atoms with Crippen LogP contribution in [0.5, 0.6) is 17.2 Å². The Bertz CT molecular complexity index is 1220. The second-order valence-corrected chi connectivity index (χ2v) is 6.67. The summed E-state index contributed by atoms with van der Waals surface area (Å²) in [6.07, 6.45) is 1.60. The smallest absolute Gasteiger partial charge is 0.358 e. The zero-order chi connectivity index (χ0) is 24.8. The van der Waals surface area contributed by atoms with E-state index in [4.69, 9.17) is 18.9 Å². The zero-order valence-electron chi connectivity index (χ0n) is 18.9. The van der Waals surface area contributed by atoms with Gasteiger partial charge in [-0.15, -0.1) is 0 Å². The molecule has 0 atom stereocenters. The fraction of sp³-hybridized carbons (Fsp3) is 0.227. The van der Waals surface area contributed by atoms with Crippen molar-refractivity contribution >= 4 is 23.3 Å². The van der Waals surface area contributed by atoms with Crippen LogP contribution in [0.25, 0.3) is 5.69 Å². The summed E-state index contributed by atoms with van der Waals surface area (Å²) in [5.74, 6) is -1.41. The molecule has 3 aromatic rings. The van der Waals surface area contributed by atoms with Gasteiger partial charge in [-0.2, -0.15) is 5.10 Å². The van der Waals surface area contributed by atoms with Crippen molar-refractivity contribution in [2.75, 3.05) is 33.3 Å². The van der Waals surface area contributed by atoms with Crippen molar-refractivity contribution in [1.82, 2.24) is 9.78 Å². The van der Waals surface area contributed by atoms with Gasteiger partial charge in [-0.1, -0.05) is 0 Å². The lowest BCUT2D eigenvalue weighted by Crippen LogP contribution is -2.15. The number of nitrogens with one attached hydrogen (secondary N) is 1. The van der Waals surface area contributed by atoms with Crippen LogP contribution in [0, 0.1) is 10.1 Å². The molecule has 178 valence electrons. The molecule has 1 heterocycles. The number of hydrogen-bond acceptors (Lipinski definition) is 9. The number of aromatic nitrogens is 2. The fourth-order valence-electron chi connectivity index (χ4n) is 3.17. The Balaban J connectivity index is 1.88. The van der Waals surface area contributed by atoms with Gasteiger partial charge in [0.2, 0.25) is 11.5 Å². The van der Waals surface area contributed by atoms with Crippen molar-refractivity contribution in [3.63, 3.8) is 0 Å². The molecular weight excluding hydrogens is 448 g/mol. The van der Waals surface area contributed by atoms with Gasteiger partial charge in [0.25, 0.3) is 5.91 Å². The van der Waals surface area contributed by atoms with Crippen LogP contribution in [0.1, 0.15) is 27.8 Å². The van der Waals surface area contributed by atoms with E-state index >= 15 is 0 Å². The number of carbonyl (C=O) groups excluding carboxylic acids is 2. The van der Waals surface area contributed by atoms with Crippen LogP contribution in [0.2, 0.25) is 0 Å². The number of rotatable bonds is 9. The standard InChI is InChI=1S/C22H22N4O8/c1-5-34-22(28)16-10-11-25(24-16)14-8-6-13(7-9-14)23-21(27)15-12-17(31-2)19(32-3)20(33-4)18(15)26(29)30/h6-12H,5H2,1-4H3,(H,23,27). The number of hydrogen-bond donors (Lipinski definition) is 1. The summed E-state index contributed by atoms with van der Waals surface area (Å²) in [6, 6.07) is 9.22. The van der Waals surface area contributed by atoms with Crippen LogP contribution in [-0.2, 0) is 4.74 Å². The Labute approximate surface area is 194 Å². The van der Waals surface area contributed by atoms with Gasteiger partial charge in [-0.05, 0) is 37.3 Å². The normalized spacial score (nSPS) is 10.4. The summed E-state index contributed by atoms with van der Waals surface area (Å²) < 4.78 is 21.9. The van der Waals surface area contributed by atoms with E-state index in [9.17, 15) is 19.7 Å². The summed E-state index contributed by atoms with van der Waals surface area (Å²) >= 11 is 0. The van der Waals surface area contributed by atoms with E-state index in [1.54, 1.807) is 37.4 Å². The number of amides is 1. The second-order valence-electron chi connectivity index (χ2n) is 6.67. The molecule has 1 aromatic heterocycles. The Morgan fingerprint density at radius 3 is 2.29 bits per heavy atom. The summed E-state index contributed by atoms with van der Waals surface area (Å²) in [4.78, 5) is 35.7. The average molecular weight is 470 g/mol. The molecule has 1 N–H and O–H groups in total. The molecule has 0 saturated heterocycles. The first-order valence-corrected chi connectivity index (χ1v) is 9.96. The summed E-state index contributed by atoms with van der Waals surface area (Å²) in [5.41, 5.74) is 0.322. The third-order valence-electron chi connectivity index (χ3n) is 4.69. The van der Waals surface area contributed by atoms with Gasteiger partial charge in [0, 0.05) is 18.0 Å². The lowest BCUT2D eigenvalue weighted by molar-refractivity contribution is -0.386. The molecule has 0 aliphatic heterocycles. The molecule has 0 unspecified atom stereocenters. The Morgan fingerprint density at radius 1 is 1.06 bits per heavy atom. The first kappa shape index (κ1) is 24.0. The van der Waals surface area contributed by atoms with E-state index in [1.807, 2.05) is 0 Å². The maximum atomic E-state index is 12.9. The number of nitro groups is 1. The van der Waals surface area contributed by atoms with Crippen molar-refractivity contribution in [2.24, 2.45) is 0 Å². The third-order valence-corrected chi connectivity index (χ3v) is 4.69. The largest absolute Gasteiger partial charge is 0.493 e. The molecule has 0 aliphatic rings. The molecule has 1 amide bonds.